The zero-order valence-electron chi connectivity index (χ0n) is 12.8. The third-order valence-corrected chi connectivity index (χ3v) is 4.60. The van der Waals surface area contributed by atoms with E-state index >= 15 is 0 Å². The van der Waals surface area contributed by atoms with Gasteiger partial charge in [-0.2, -0.15) is 0 Å². The number of thioether (sulfide) groups is 1. The fourth-order valence-electron chi connectivity index (χ4n) is 1.87. The molecule has 0 unspecified atom stereocenters. The van der Waals surface area contributed by atoms with E-state index < -0.39 is 0 Å². The van der Waals surface area contributed by atoms with E-state index in [1.807, 2.05) is 25.1 Å². The number of benzene rings is 2. The maximum atomic E-state index is 12.2. The standard InChI is InChI=1S/C17H17ClN2O2S/c1-11(23-16-6-4-3-5-15(16)18)17(22)20-14-9-7-13(8-10-14)19-12(2)21/h3-11H,1-2H3,(H,19,21)(H,20,22)/t11-/m0/s1. The van der Waals surface area contributed by atoms with Gasteiger partial charge >= 0.3 is 0 Å². The molecule has 23 heavy (non-hydrogen) atoms. The summed E-state index contributed by atoms with van der Waals surface area (Å²) < 4.78 is 0. The summed E-state index contributed by atoms with van der Waals surface area (Å²) >= 11 is 7.51. The molecule has 0 radical (unpaired) electrons. The fraction of sp³-hybridized carbons (Fsp3) is 0.176. The van der Waals surface area contributed by atoms with Crippen LogP contribution in [0.5, 0.6) is 0 Å². The summed E-state index contributed by atoms with van der Waals surface area (Å²) in [4.78, 5) is 24.1. The molecule has 0 aliphatic carbocycles. The molecule has 0 saturated heterocycles. The maximum absolute atomic E-state index is 12.2. The van der Waals surface area contributed by atoms with Gasteiger partial charge in [0.05, 0.1) is 10.3 Å². The quantitative estimate of drug-likeness (QED) is 0.786. The average molecular weight is 349 g/mol. The molecule has 2 aromatic rings. The van der Waals surface area contributed by atoms with Crippen molar-refractivity contribution < 1.29 is 9.59 Å². The Morgan fingerprint density at radius 2 is 1.57 bits per heavy atom. The summed E-state index contributed by atoms with van der Waals surface area (Å²) in [5.41, 5.74) is 1.37. The lowest BCUT2D eigenvalue weighted by molar-refractivity contribution is -0.115. The molecule has 1 atom stereocenters. The maximum Gasteiger partial charge on any atom is 0.237 e. The van der Waals surface area contributed by atoms with Crippen LogP contribution in [0.15, 0.2) is 53.4 Å². The first kappa shape index (κ1) is 17.4. The van der Waals surface area contributed by atoms with Crippen molar-refractivity contribution in [2.75, 3.05) is 10.6 Å². The molecule has 0 aliphatic heterocycles. The Bertz CT molecular complexity index is 704. The highest BCUT2D eigenvalue weighted by Crippen LogP contribution is 2.30. The molecule has 0 saturated carbocycles. The van der Waals surface area contributed by atoms with Crippen molar-refractivity contribution in [1.82, 2.24) is 0 Å². The zero-order chi connectivity index (χ0) is 16.8. The summed E-state index contributed by atoms with van der Waals surface area (Å²) in [7, 11) is 0. The first-order valence-corrected chi connectivity index (χ1v) is 8.31. The Balaban J connectivity index is 1.95. The zero-order valence-corrected chi connectivity index (χ0v) is 14.4. The minimum atomic E-state index is -0.287. The first-order valence-electron chi connectivity index (χ1n) is 7.05. The second-order valence-corrected chi connectivity index (χ2v) is 6.73. The molecule has 2 aromatic carbocycles. The number of amides is 2. The van der Waals surface area contributed by atoms with Gasteiger partial charge in [0.15, 0.2) is 0 Å². The van der Waals surface area contributed by atoms with Crippen LogP contribution < -0.4 is 10.6 Å². The predicted molar refractivity (Wildman–Crippen MR) is 96.1 cm³/mol. The normalized spacial score (nSPS) is 11.6. The van der Waals surface area contributed by atoms with Crippen molar-refractivity contribution in [1.29, 1.82) is 0 Å². The number of rotatable bonds is 5. The number of nitrogens with one attached hydrogen (secondary N) is 2. The highest BCUT2D eigenvalue weighted by atomic mass is 35.5. The van der Waals surface area contributed by atoms with Crippen LogP contribution in [-0.2, 0) is 9.59 Å². The van der Waals surface area contributed by atoms with E-state index in [1.54, 1.807) is 30.3 Å². The van der Waals surface area contributed by atoms with Gasteiger partial charge in [0, 0.05) is 23.2 Å². The second kappa shape index (κ2) is 8.04. The minimum absolute atomic E-state index is 0.109. The van der Waals surface area contributed by atoms with Gasteiger partial charge in [-0.05, 0) is 43.3 Å². The largest absolute Gasteiger partial charge is 0.326 e. The van der Waals surface area contributed by atoms with Gasteiger partial charge in [-0.3, -0.25) is 9.59 Å². The van der Waals surface area contributed by atoms with E-state index in [-0.39, 0.29) is 17.1 Å². The van der Waals surface area contributed by atoms with Crippen LogP contribution in [0.3, 0.4) is 0 Å². The summed E-state index contributed by atoms with van der Waals surface area (Å²) in [6, 6.07) is 14.4. The molecule has 0 fully saturated rings. The van der Waals surface area contributed by atoms with E-state index in [2.05, 4.69) is 10.6 Å². The van der Waals surface area contributed by atoms with E-state index in [4.69, 9.17) is 11.6 Å². The average Bonchev–Trinajstić information content (AvgIpc) is 2.51. The van der Waals surface area contributed by atoms with E-state index in [0.717, 1.165) is 4.90 Å². The van der Waals surface area contributed by atoms with Crippen LogP contribution in [-0.4, -0.2) is 17.1 Å². The third kappa shape index (κ3) is 5.30. The second-order valence-electron chi connectivity index (χ2n) is 4.94. The van der Waals surface area contributed by atoms with Crippen molar-refractivity contribution in [2.45, 2.75) is 24.0 Å². The summed E-state index contributed by atoms with van der Waals surface area (Å²) in [6.07, 6.45) is 0. The number of anilines is 2. The lowest BCUT2D eigenvalue weighted by Gasteiger charge is -2.13. The topological polar surface area (TPSA) is 58.2 Å². The number of halogens is 1. The van der Waals surface area contributed by atoms with Crippen molar-refractivity contribution in [3.8, 4) is 0 Å². The Kier molecular flexibility index (Phi) is 6.07. The van der Waals surface area contributed by atoms with Gasteiger partial charge in [-0.25, -0.2) is 0 Å². The van der Waals surface area contributed by atoms with Crippen molar-refractivity contribution >= 4 is 46.6 Å². The Hall–Kier alpha value is -1.98. The fourth-order valence-corrected chi connectivity index (χ4v) is 3.02. The molecular formula is C17H17ClN2O2S. The lowest BCUT2D eigenvalue weighted by atomic mass is 10.2. The molecule has 0 aliphatic rings. The summed E-state index contributed by atoms with van der Waals surface area (Å²) in [5.74, 6) is -0.242. The number of hydrogen-bond acceptors (Lipinski definition) is 3. The highest BCUT2D eigenvalue weighted by molar-refractivity contribution is 8.00. The molecular weight excluding hydrogens is 332 g/mol. The van der Waals surface area contributed by atoms with Gasteiger partial charge in [0.2, 0.25) is 11.8 Å². The molecule has 0 heterocycles. The van der Waals surface area contributed by atoms with E-state index in [0.29, 0.717) is 16.4 Å². The van der Waals surface area contributed by atoms with Gasteiger partial charge < -0.3 is 10.6 Å². The monoisotopic (exact) mass is 348 g/mol. The van der Waals surface area contributed by atoms with Crippen molar-refractivity contribution in [2.24, 2.45) is 0 Å². The van der Waals surface area contributed by atoms with Gasteiger partial charge in [-0.15, -0.1) is 11.8 Å². The first-order chi connectivity index (χ1) is 11.0. The molecule has 2 amide bonds. The summed E-state index contributed by atoms with van der Waals surface area (Å²) in [5, 5.41) is 5.87. The Labute approximate surface area is 144 Å². The van der Waals surface area contributed by atoms with E-state index in [1.165, 1.54) is 18.7 Å². The lowest BCUT2D eigenvalue weighted by Crippen LogP contribution is -2.22. The van der Waals surface area contributed by atoms with Crippen LogP contribution in [0.25, 0.3) is 0 Å². The molecule has 0 spiro atoms. The number of hydrogen-bond donors (Lipinski definition) is 2. The smallest absolute Gasteiger partial charge is 0.237 e. The Morgan fingerprint density at radius 3 is 2.13 bits per heavy atom. The van der Waals surface area contributed by atoms with Gasteiger partial charge in [0.1, 0.15) is 0 Å². The number of carbonyl (C=O) groups excluding carboxylic acids is 2. The molecule has 4 nitrogen and oxygen atoms in total. The van der Waals surface area contributed by atoms with E-state index in [9.17, 15) is 9.59 Å². The SMILES string of the molecule is CC(=O)Nc1ccc(NC(=O)[C@H](C)Sc2ccccc2Cl)cc1. The van der Waals surface area contributed by atoms with Crippen LogP contribution in [0.2, 0.25) is 5.02 Å². The van der Waals surface area contributed by atoms with Gasteiger partial charge in [-0.1, -0.05) is 23.7 Å². The molecule has 120 valence electrons. The summed E-state index contributed by atoms with van der Waals surface area (Å²) in [6.45, 7) is 3.28. The van der Waals surface area contributed by atoms with Crippen LogP contribution in [0, 0.1) is 0 Å². The van der Waals surface area contributed by atoms with Crippen LogP contribution in [0.1, 0.15) is 13.8 Å². The molecule has 0 bridgehead atoms. The molecule has 6 heteroatoms. The third-order valence-electron chi connectivity index (χ3n) is 2.98. The van der Waals surface area contributed by atoms with Gasteiger partial charge in [0.25, 0.3) is 0 Å². The predicted octanol–water partition coefficient (Wildman–Crippen LogP) is 4.42. The van der Waals surface area contributed by atoms with Crippen LogP contribution in [0.4, 0.5) is 11.4 Å². The number of carbonyl (C=O) groups is 2. The molecule has 2 N–H and O–H groups in total. The highest BCUT2D eigenvalue weighted by Gasteiger charge is 2.15. The molecule has 0 aromatic heterocycles. The van der Waals surface area contributed by atoms with Crippen LogP contribution >= 0.6 is 23.4 Å². The van der Waals surface area contributed by atoms with Crippen molar-refractivity contribution in [3.05, 3.63) is 53.6 Å². The molecule has 2 rings (SSSR count). The Morgan fingerprint density at radius 1 is 1.00 bits per heavy atom. The minimum Gasteiger partial charge on any atom is -0.326 e. The van der Waals surface area contributed by atoms with Crippen molar-refractivity contribution in [3.63, 3.8) is 0 Å².